The molecule has 2 aromatic rings. The Morgan fingerprint density at radius 3 is 2.57 bits per heavy atom. The molecule has 5 heteroatoms. The van der Waals surface area contributed by atoms with Crippen LogP contribution in [0.5, 0.6) is 0 Å². The highest BCUT2D eigenvalue weighted by Gasteiger charge is 2.33. The van der Waals surface area contributed by atoms with Gasteiger partial charge < -0.3 is 0 Å². The highest BCUT2D eigenvalue weighted by Crippen LogP contribution is 2.35. The quantitative estimate of drug-likeness (QED) is 0.611. The van der Waals surface area contributed by atoms with E-state index in [1.807, 2.05) is 30.3 Å². The van der Waals surface area contributed by atoms with Gasteiger partial charge in [0.2, 0.25) is 0 Å². The van der Waals surface area contributed by atoms with Gasteiger partial charge >= 0.3 is 0 Å². The Morgan fingerprint density at radius 1 is 1.10 bits per heavy atom. The maximum absolute atomic E-state index is 13.2. The van der Waals surface area contributed by atoms with Gasteiger partial charge in [-0.2, -0.15) is 0 Å². The average Bonchev–Trinajstić information content (AvgIpc) is 2.74. The number of anilines is 1. The number of hydrogen-bond donors (Lipinski definition) is 0. The third-order valence-electron chi connectivity index (χ3n) is 2.95. The average molecular weight is 315 g/mol. The fourth-order valence-electron chi connectivity index (χ4n) is 2.02. The van der Waals surface area contributed by atoms with E-state index in [0.717, 1.165) is 5.69 Å². The summed E-state index contributed by atoms with van der Waals surface area (Å²) in [5.74, 6) is -0.511. The van der Waals surface area contributed by atoms with Crippen molar-refractivity contribution in [2.45, 2.75) is 0 Å². The van der Waals surface area contributed by atoms with Crippen molar-refractivity contribution in [1.82, 2.24) is 0 Å². The largest absolute Gasteiger partial charge is 0.270 e. The molecule has 0 spiro atoms. The zero-order valence-electron chi connectivity index (χ0n) is 10.8. The molecule has 0 aliphatic carbocycles. The van der Waals surface area contributed by atoms with E-state index in [1.165, 1.54) is 28.8 Å². The molecular formula is C16H10FNOS2. The van der Waals surface area contributed by atoms with E-state index >= 15 is 0 Å². The van der Waals surface area contributed by atoms with E-state index < -0.39 is 0 Å². The van der Waals surface area contributed by atoms with Crippen LogP contribution < -0.4 is 4.90 Å². The molecule has 1 fully saturated rings. The fraction of sp³-hybridized carbons (Fsp3) is 0. The summed E-state index contributed by atoms with van der Waals surface area (Å²) in [6, 6.07) is 15.3. The van der Waals surface area contributed by atoms with Crippen molar-refractivity contribution in [3.8, 4) is 0 Å². The molecule has 0 bridgehead atoms. The molecule has 2 nitrogen and oxygen atoms in total. The zero-order valence-corrected chi connectivity index (χ0v) is 12.5. The maximum Gasteiger partial charge on any atom is 0.270 e. The molecule has 1 aliphatic heterocycles. The molecule has 1 heterocycles. The Labute approximate surface area is 131 Å². The number of nitrogens with zero attached hydrogens (tertiary/aromatic N) is 1. The monoisotopic (exact) mass is 315 g/mol. The Bertz CT molecular complexity index is 743. The minimum atomic E-state index is -0.331. The van der Waals surface area contributed by atoms with Gasteiger partial charge in [-0.3, -0.25) is 9.69 Å². The minimum absolute atomic E-state index is 0.180. The summed E-state index contributed by atoms with van der Waals surface area (Å²) < 4.78 is 13.7. The third kappa shape index (κ3) is 2.89. The SMILES string of the molecule is O=C1/C(=C/c2cccc(F)c2)SC(=S)N1c1ccccc1. The second kappa shape index (κ2) is 5.79. The lowest BCUT2D eigenvalue weighted by Gasteiger charge is -2.13. The first-order chi connectivity index (χ1) is 10.1. The molecular weight excluding hydrogens is 305 g/mol. The van der Waals surface area contributed by atoms with E-state index in [2.05, 4.69) is 0 Å². The molecule has 0 saturated carbocycles. The molecule has 0 N–H and O–H groups in total. The molecule has 0 aromatic heterocycles. The molecule has 0 atom stereocenters. The summed E-state index contributed by atoms with van der Waals surface area (Å²) in [7, 11) is 0. The van der Waals surface area contributed by atoms with Crippen LogP contribution in [0.4, 0.5) is 10.1 Å². The van der Waals surface area contributed by atoms with E-state index in [9.17, 15) is 9.18 Å². The number of thiocarbonyl (C=S) groups is 1. The predicted octanol–water partition coefficient (Wildman–Crippen LogP) is 4.23. The number of carbonyl (C=O) groups is 1. The number of benzene rings is 2. The summed E-state index contributed by atoms with van der Waals surface area (Å²) >= 11 is 6.50. The van der Waals surface area contributed by atoms with Crippen LogP contribution in [-0.4, -0.2) is 10.2 Å². The Morgan fingerprint density at radius 2 is 1.86 bits per heavy atom. The van der Waals surface area contributed by atoms with Crippen molar-refractivity contribution >= 4 is 46.0 Å². The Hall–Kier alpha value is -1.98. The number of halogens is 1. The first kappa shape index (κ1) is 14.0. The fourth-order valence-corrected chi connectivity index (χ4v) is 3.31. The molecule has 0 radical (unpaired) electrons. The topological polar surface area (TPSA) is 20.3 Å². The van der Waals surface area contributed by atoms with Crippen molar-refractivity contribution in [2.24, 2.45) is 0 Å². The molecule has 1 amide bonds. The van der Waals surface area contributed by atoms with Gasteiger partial charge in [-0.1, -0.05) is 54.3 Å². The van der Waals surface area contributed by atoms with Gasteiger partial charge in [0.1, 0.15) is 5.82 Å². The summed E-state index contributed by atoms with van der Waals surface area (Å²) in [5, 5.41) is 0. The van der Waals surface area contributed by atoms with Crippen LogP contribution in [0, 0.1) is 5.82 Å². The number of para-hydroxylation sites is 1. The van der Waals surface area contributed by atoms with Gasteiger partial charge in [0.25, 0.3) is 5.91 Å². The van der Waals surface area contributed by atoms with Crippen LogP contribution in [0.1, 0.15) is 5.56 Å². The van der Waals surface area contributed by atoms with Gasteiger partial charge in [0.05, 0.1) is 10.6 Å². The summed E-state index contributed by atoms with van der Waals surface area (Å²) in [6.45, 7) is 0. The van der Waals surface area contributed by atoms with Gasteiger partial charge in [0, 0.05) is 0 Å². The zero-order chi connectivity index (χ0) is 14.8. The van der Waals surface area contributed by atoms with Gasteiger partial charge in [-0.25, -0.2) is 4.39 Å². The smallest absolute Gasteiger partial charge is 0.268 e. The number of hydrogen-bond acceptors (Lipinski definition) is 3. The third-order valence-corrected chi connectivity index (χ3v) is 4.26. The maximum atomic E-state index is 13.2. The van der Waals surface area contributed by atoms with Gasteiger partial charge in [0.15, 0.2) is 4.32 Å². The number of rotatable bonds is 2. The van der Waals surface area contributed by atoms with Crippen LogP contribution in [0.25, 0.3) is 6.08 Å². The lowest BCUT2D eigenvalue weighted by molar-refractivity contribution is -0.113. The van der Waals surface area contributed by atoms with Crippen LogP contribution in [0.2, 0.25) is 0 Å². The first-order valence-corrected chi connectivity index (χ1v) is 7.46. The Balaban J connectivity index is 1.94. The number of amides is 1. The predicted molar refractivity (Wildman–Crippen MR) is 88.5 cm³/mol. The minimum Gasteiger partial charge on any atom is -0.268 e. The van der Waals surface area contributed by atoms with Crippen molar-refractivity contribution in [2.75, 3.05) is 4.90 Å². The lowest BCUT2D eigenvalue weighted by Crippen LogP contribution is -2.27. The summed E-state index contributed by atoms with van der Waals surface area (Å²) in [4.78, 5) is 14.4. The van der Waals surface area contributed by atoms with E-state index in [4.69, 9.17) is 12.2 Å². The molecule has 2 aromatic carbocycles. The van der Waals surface area contributed by atoms with Crippen LogP contribution in [0.15, 0.2) is 59.5 Å². The number of thioether (sulfide) groups is 1. The molecule has 3 rings (SSSR count). The van der Waals surface area contributed by atoms with Crippen LogP contribution in [0.3, 0.4) is 0 Å². The molecule has 21 heavy (non-hydrogen) atoms. The van der Waals surface area contributed by atoms with E-state index in [1.54, 1.807) is 18.2 Å². The molecule has 1 saturated heterocycles. The van der Waals surface area contributed by atoms with Gasteiger partial charge in [-0.15, -0.1) is 0 Å². The number of carbonyl (C=O) groups excluding carboxylic acids is 1. The Kier molecular flexibility index (Phi) is 3.86. The summed E-state index contributed by atoms with van der Waals surface area (Å²) in [5.41, 5.74) is 1.38. The standard InChI is InChI=1S/C16H10FNOS2/c17-12-6-4-5-11(9-12)10-14-15(19)18(16(20)21-14)13-7-2-1-3-8-13/h1-10H/b14-10-. The van der Waals surface area contributed by atoms with Crippen molar-refractivity contribution in [3.63, 3.8) is 0 Å². The summed E-state index contributed by atoms with van der Waals surface area (Å²) in [6.07, 6.45) is 1.66. The van der Waals surface area contributed by atoms with E-state index in [0.29, 0.717) is 14.8 Å². The van der Waals surface area contributed by atoms with E-state index in [-0.39, 0.29) is 11.7 Å². The normalized spacial score (nSPS) is 16.8. The first-order valence-electron chi connectivity index (χ1n) is 6.24. The highest BCUT2D eigenvalue weighted by atomic mass is 32.2. The van der Waals surface area contributed by atoms with Crippen LogP contribution >= 0.6 is 24.0 Å². The second-order valence-electron chi connectivity index (χ2n) is 4.41. The molecule has 0 unspecified atom stereocenters. The van der Waals surface area contributed by atoms with Gasteiger partial charge in [-0.05, 0) is 35.9 Å². The molecule has 1 aliphatic rings. The molecule has 104 valence electrons. The lowest BCUT2D eigenvalue weighted by atomic mass is 10.2. The highest BCUT2D eigenvalue weighted by molar-refractivity contribution is 8.27. The van der Waals surface area contributed by atoms with Crippen molar-refractivity contribution < 1.29 is 9.18 Å². The second-order valence-corrected chi connectivity index (χ2v) is 6.08. The van der Waals surface area contributed by atoms with Crippen molar-refractivity contribution in [1.29, 1.82) is 0 Å². The van der Waals surface area contributed by atoms with Crippen LogP contribution in [-0.2, 0) is 4.79 Å². The van der Waals surface area contributed by atoms with Crippen molar-refractivity contribution in [3.05, 3.63) is 70.9 Å².